The lowest BCUT2D eigenvalue weighted by Gasteiger charge is -2.39. The fourth-order valence-electron chi connectivity index (χ4n) is 2.62. The van der Waals surface area contributed by atoms with Gasteiger partial charge in [0, 0.05) is 35.8 Å². The summed E-state index contributed by atoms with van der Waals surface area (Å²) in [5, 5.41) is 3.53. The third kappa shape index (κ3) is 3.68. The number of halogens is 1. The van der Waals surface area contributed by atoms with Gasteiger partial charge in [0.05, 0.1) is 0 Å². The number of benzene rings is 1. The molecule has 1 heterocycles. The SMILES string of the molecule is CCC(C)C1CNCCN1Cc1ccc(I)cc1. The van der Waals surface area contributed by atoms with E-state index in [1.165, 1.54) is 22.1 Å². The lowest BCUT2D eigenvalue weighted by molar-refractivity contribution is 0.109. The Bertz CT molecular complexity index is 363. The minimum absolute atomic E-state index is 0.683. The van der Waals surface area contributed by atoms with Gasteiger partial charge in [-0.15, -0.1) is 0 Å². The van der Waals surface area contributed by atoms with E-state index in [2.05, 4.69) is 70.9 Å². The van der Waals surface area contributed by atoms with E-state index in [0.717, 1.165) is 25.6 Å². The summed E-state index contributed by atoms with van der Waals surface area (Å²) in [5.74, 6) is 0.765. The molecule has 1 aromatic carbocycles. The standard InChI is InChI=1S/C15H23IN2/c1-3-12(2)15-10-17-8-9-18(15)11-13-4-6-14(16)7-5-13/h4-7,12,15,17H,3,8-11H2,1-2H3. The molecule has 0 aliphatic carbocycles. The van der Waals surface area contributed by atoms with Crippen molar-refractivity contribution in [1.29, 1.82) is 0 Å². The molecule has 2 unspecified atom stereocenters. The van der Waals surface area contributed by atoms with Crippen LogP contribution in [0.15, 0.2) is 24.3 Å². The van der Waals surface area contributed by atoms with E-state index in [1.54, 1.807) is 0 Å². The molecule has 2 rings (SSSR count). The van der Waals surface area contributed by atoms with Crippen molar-refractivity contribution >= 4 is 22.6 Å². The monoisotopic (exact) mass is 358 g/mol. The van der Waals surface area contributed by atoms with Crippen LogP contribution in [0, 0.1) is 9.49 Å². The Labute approximate surface area is 124 Å². The second-order valence-electron chi connectivity index (χ2n) is 5.25. The van der Waals surface area contributed by atoms with E-state index in [0.29, 0.717) is 6.04 Å². The van der Waals surface area contributed by atoms with Crippen molar-refractivity contribution < 1.29 is 0 Å². The second kappa shape index (κ2) is 6.87. The van der Waals surface area contributed by atoms with E-state index in [4.69, 9.17) is 0 Å². The zero-order chi connectivity index (χ0) is 13.0. The fraction of sp³-hybridized carbons (Fsp3) is 0.600. The Morgan fingerprint density at radius 3 is 2.78 bits per heavy atom. The highest BCUT2D eigenvalue weighted by atomic mass is 127. The first-order valence-corrected chi connectivity index (χ1v) is 7.97. The molecule has 1 aliphatic heterocycles. The third-order valence-electron chi connectivity index (χ3n) is 4.00. The van der Waals surface area contributed by atoms with E-state index in [-0.39, 0.29) is 0 Å². The van der Waals surface area contributed by atoms with Gasteiger partial charge in [-0.25, -0.2) is 0 Å². The summed E-state index contributed by atoms with van der Waals surface area (Å²) < 4.78 is 1.31. The molecule has 0 aromatic heterocycles. The topological polar surface area (TPSA) is 15.3 Å². The van der Waals surface area contributed by atoms with E-state index in [1.807, 2.05) is 0 Å². The molecule has 0 amide bonds. The summed E-state index contributed by atoms with van der Waals surface area (Å²) in [7, 11) is 0. The molecule has 1 fully saturated rings. The molecule has 100 valence electrons. The molecule has 1 N–H and O–H groups in total. The van der Waals surface area contributed by atoms with Gasteiger partial charge in [-0.1, -0.05) is 32.4 Å². The van der Waals surface area contributed by atoms with Gasteiger partial charge in [-0.2, -0.15) is 0 Å². The summed E-state index contributed by atoms with van der Waals surface area (Å²) in [4.78, 5) is 2.65. The molecule has 1 aliphatic rings. The van der Waals surface area contributed by atoms with Gasteiger partial charge < -0.3 is 5.32 Å². The highest BCUT2D eigenvalue weighted by molar-refractivity contribution is 14.1. The summed E-state index contributed by atoms with van der Waals surface area (Å²) in [5.41, 5.74) is 1.44. The minimum atomic E-state index is 0.683. The predicted octanol–water partition coefficient (Wildman–Crippen LogP) is 3.11. The van der Waals surface area contributed by atoms with Gasteiger partial charge in [-0.05, 0) is 46.2 Å². The first-order chi connectivity index (χ1) is 8.70. The predicted molar refractivity (Wildman–Crippen MR) is 85.7 cm³/mol. The zero-order valence-electron chi connectivity index (χ0n) is 11.3. The van der Waals surface area contributed by atoms with Crippen LogP contribution in [0.1, 0.15) is 25.8 Å². The molecule has 1 aromatic rings. The van der Waals surface area contributed by atoms with E-state index in [9.17, 15) is 0 Å². The minimum Gasteiger partial charge on any atom is -0.314 e. The van der Waals surface area contributed by atoms with Gasteiger partial charge in [-0.3, -0.25) is 4.90 Å². The maximum absolute atomic E-state index is 3.53. The van der Waals surface area contributed by atoms with Gasteiger partial charge in [0.25, 0.3) is 0 Å². The second-order valence-corrected chi connectivity index (χ2v) is 6.50. The van der Waals surface area contributed by atoms with Crippen LogP contribution >= 0.6 is 22.6 Å². The molecule has 0 bridgehead atoms. The molecular weight excluding hydrogens is 335 g/mol. The van der Waals surface area contributed by atoms with Crippen molar-refractivity contribution in [2.24, 2.45) is 5.92 Å². The Morgan fingerprint density at radius 1 is 1.39 bits per heavy atom. The third-order valence-corrected chi connectivity index (χ3v) is 4.72. The highest BCUT2D eigenvalue weighted by Gasteiger charge is 2.25. The number of hydrogen-bond donors (Lipinski definition) is 1. The normalized spacial score (nSPS) is 22.9. The summed E-state index contributed by atoms with van der Waals surface area (Å²) in [6, 6.07) is 9.62. The van der Waals surface area contributed by atoms with Crippen LogP contribution in [0.3, 0.4) is 0 Å². The van der Waals surface area contributed by atoms with Crippen LogP contribution in [0.5, 0.6) is 0 Å². The number of piperazine rings is 1. The van der Waals surface area contributed by atoms with Gasteiger partial charge in [0.2, 0.25) is 0 Å². The van der Waals surface area contributed by atoms with Gasteiger partial charge in [0.15, 0.2) is 0 Å². The van der Waals surface area contributed by atoms with Crippen molar-refractivity contribution in [2.75, 3.05) is 19.6 Å². The maximum atomic E-state index is 3.53. The molecule has 2 nitrogen and oxygen atoms in total. The van der Waals surface area contributed by atoms with Crippen LogP contribution in [-0.4, -0.2) is 30.6 Å². The molecule has 2 atom stereocenters. The van der Waals surface area contributed by atoms with Crippen LogP contribution in [-0.2, 0) is 6.54 Å². The first-order valence-electron chi connectivity index (χ1n) is 6.90. The Hall–Kier alpha value is -0.130. The lowest BCUT2D eigenvalue weighted by Crippen LogP contribution is -2.53. The molecule has 0 radical (unpaired) electrons. The van der Waals surface area contributed by atoms with Crippen LogP contribution < -0.4 is 5.32 Å². The molecule has 18 heavy (non-hydrogen) atoms. The van der Waals surface area contributed by atoms with Crippen molar-refractivity contribution in [3.8, 4) is 0 Å². The van der Waals surface area contributed by atoms with Gasteiger partial charge >= 0.3 is 0 Å². The quantitative estimate of drug-likeness (QED) is 0.833. The fourth-order valence-corrected chi connectivity index (χ4v) is 2.98. The summed E-state index contributed by atoms with van der Waals surface area (Å²) >= 11 is 2.36. The Balaban J connectivity index is 2.03. The van der Waals surface area contributed by atoms with Crippen molar-refractivity contribution in [3.05, 3.63) is 33.4 Å². The average Bonchev–Trinajstić information content (AvgIpc) is 2.41. The number of nitrogens with one attached hydrogen (secondary N) is 1. The Morgan fingerprint density at radius 2 is 2.11 bits per heavy atom. The largest absolute Gasteiger partial charge is 0.314 e. The van der Waals surface area contributed by atoms with Crippen LogP contribution in [0.2, 0.25) is 0 Å². The number of hydrogen-bond acceptors (Lipinski definition) is 2. The lowest BCUT2D eigenvalue weighted by atomic mass is 9.95. The van der Waals surface area contributed by atoms with E-state index >= 15 is 0 Å². The Kier molecular flexibility index (Phi) is 5.45. The summed E-state index contributed by atoms with van der Waals surface area (Å²) in [6.45, 7) is 9.19. The number of nitrogens with zero attached hydrogens (tertiary/aromatic N) is 1. The van der Waals surface area contributed by atoms with Crippen molar-refractivity contribution in [2.45, 2.75) is 32.9 Å². The van der Waals surface area contributed by atoms with Crippen LogP contribution in [0.25, 0.3) is 0 Å². The molecule has 3 heteroatoms. The molecule has 1 saturated heterocycles. The molecular formula is C15H23IN2. The van der Waals surface area contributed by atoms with Gasteiger partial charge in [0.1, 0.15) is 0 Å². The van der Waals surface area contributed by atoms with Crippen molar-refractivity contribution in [3.63, 3.8) is 0 Å². The molecule has 0 spiro atoms. The first kappa shape index (κ1) is 14.3. The molecule has 0 saturated carbocycles. The smallest absolute Gasteiger partial charge is 0.0250 e. The highest BCUT2D eigenvalue weighted by Crippen LogP contribution is 2.19. The maximum Gasteiger partial charge on any atom is 0.0250 e. The van der Waals surface area contributed by atoms with Crippen molar-refractivity contribution in [1.82, 2.24) is 10.2 Å². The van der Waals surface area contributed by atoms with Crippen LogP contribution in [0.4, 0.5) is 0 Å². The number of rotatable bonds is 4. The van der Waals surface area contributed by atoms with E-state index < -0.39 is 0 Å². The summed E-state index contributed by atoms with van der Waals surface area (Å²) in [6.07, 6.45) is 1.26. The zero-order valence-corrected chi connectivity index (χ0v) is 13.5. The average molecular weight is 358 g/mol.